The minimum atomic E-state index is 0.313. The van der Waals surface area contributed by atoms with Gasteiger partial charge in [0.25, 0.3) is 0 Å². The summed E-state index contributed by atoms with van der Waals surface area (Å²) < 4.78 is 0. The lowest BCUT2D eigenvalue weighted by Crippen LogP contribution is -2.43. The molecule has 2 rings (SSSR count). The van der Waals surface area contributed by atoms with Crippen molar-refractivity contribution in [2.24, 2.45) is 17.3 Å². The normalized spacial score (nSPS) is 37.0. The molecule has 0 bridgehead atoms. The molecule has 0 spiro atoms. The van der Waals surface area contributed by atoms with Crippen LogP contribution < -0.4 is 5.32 Å². The molecule has 1 N–H and O–H groups in total. The quantitative estimate of drug-likeness (QED) is 0.811. The van der Waals surface area contributed by atoms with Crippen LogP contribution in [0.3, 0.4) is 0 Å². The van der Waals surface area contributed by atoms with Crippen LogP contribution in [0.15, 0.2) is 0 Å². The number of piperidine rings is 1. The number of nitrogens with one attached hydrogen (secondary N) is 1. The molecule has 1 heterocycles. The van der Waals surface area contributed by atoms with Crippen molar-refractivity contribution in [1.29, 1.82) is 0 Å². The van der Waals surface area contributed by atoms with Gasteiger partial charge in [-0.1, -0.05) is 13.8 Å². The van der Waals surface area contributed by atoms with Crippen molar-refractivity contribution in [3.63, 3.8) is 0 Å². The van der Waals surface area contributed by atoms with Crippen LogP contribution in [0.2, 0.25) is 0 Å². The van der Waals surface area contributed by atoms with Gasteiger partial charge in [0.2, 0.25) is 5.91 Å². The highest BCUT2D eigenvalue weighted by Gasteiger charge is 2.54. The highest BCUT2D eigenvalue weighted by Crippen LogP contribution is 2.55. The summed E-state index contributed by atoms with van der Waals surface area (Å²) in [4.78, 5) is 14.5. The molecule has 17 heavy (non-hydrogen) atoms. The highest BCUT2D eigenvalue weighted by atomic mass is 16.2. The van der Waals surface area contributed by atoms with Crippen LogP contribution in [0.25, 0.3) is 0 Å². The summed E-state index contributed by atoms with van der Waals surface area (Å²) >= 11 is 0. The average Bonchev–Trinajstić information content (AvgIpc) is 3.02. The zero-order valence-electron chi connectivity index (χ0n) is 11.5. The van der Waals surface area contributed by atoms with Crippen molar-refractivity contribution in [1.82, 2.24) is 10.2 Å². The second-order valence-corrected chi connectivity index (χ2v) is 6.11. The molecule has 3 nitrogen and oxygen atoms in total. The van der Waals surface area contributed by atoms with E-state index in [9.17, 15) is 4.79 Å². The van der Waals surface area contributed by atoms with Gasteiger partial charge in [-0.2, -0.15) is 0 Å². The summed E-state index contributed by atoms with van der Waals surface area (Å²) in [5, 5.41) is 3.23. The zero-order valence-corrected chi connectivity index (χ0v) is 11.5. The molecule has 0 aromatic rings. The van der Waals surface area contributed by atoms with Gasteiger partial charge in [-0.05, 0) is 50.6 Å². The van der Waals surface area contributed by atoms with Gasteiger partial charge in [0, 0.05) is 19.0 Å². The third-order valence-corrected chi connectivity index (χ3v) is 4.78. The fraction of sp³-hybridized carbons (Fsp3) is 0.929. The maximum atomic E-state index is 12.4. The molecule has 98 valence electrons. The maximum absolute atomic E-state index is 12.4. The lowest BCUT2D eigenvalue weighted by molar-refractivity contribution is -0.135. The Labute approximate surface area is 105 Å². The van der Waals surface area contributed by atoms with Gasteiger partial charge in [0.1, 0.15) is 0 Å². The van der Waals surface area contributed by atoms with Crippen LogP contribution in [0.5, 0.6) is 0 Å². The number of carbonyl (C=O) groups is 1. The second kappa shape index (κ2) is 4.97. The molecule has 2 aliphatic rings. The van der Waals surface area contributed by atoms with Crippen molar-refractivity contribution in [2.45, 2.75) is 39.5 Å². The van der Waals surface area contributed by atoms with Crippen molar-refractivity contribution in [3.05, 3.63) is 0 Å². The van der Waals surface area contributed by atoms with Gasteiger partial charge in [0.05, 0.1) is 0 Å². The van der Waals surface area contributed by atoms with E-state index in [1.54, 1.807) is 0 Å². The van der Waals surface area contributed by atoms with E-state index in [1.807, 2.05) is 7.05 Å². The van der Waals surface area contributed by atoms with E-state index in [1.165, 1.54) is 12.8 Å². The summed E-state index contributed by atoms with van der Waals surface area (Å²) in [6.45, 7) is 7.45. The molecular formula is C14H26N2O. The van der Waals surface area contributed by atoms with E-state index in [-0.39, 0.29) is 0 Å². The van der Waals surface area contributed by atoms with Crippen molar-refractivity contribution >= 4 is 5.91 Å². The number of likely N-dealkylation sites (tertiary alicyclic amines) is 1. The molecule has 1 saturated heterocycles. The summed E-state index contributed by atoms with van der Waals surface area (Å²) in [6, 6.07) is 0. The van der Waals surface area contributed by atoms with Crippen molar-refractivity contribution in [3.8, 4) is 0 Å². The molecule has 3 atom stereocenters. The average molecular weight is 238 g/mol. The van der Waals surface area contributed by atoms with E-state index >= 15 is 0 Å². The Morgan fingerprint density at radius 1 is 1.53 bits per heavy atom. The molecule has 0 unspecified atom stereocenters. The molecule has 1 amide bonds. The lowest BCUT2D eigenvalue weighted by Gasteiger charge is -2.33. The largest absolute Gasteiger partial charge is 0.342 e. The van der Waals surface area contributed by atoms with E-state index < -0.39 is 0 Å². The minimum Gasteiger partial charge on any atom is -0.342 e. The third kappa shape index (κ3) is 2.65. The number of carbonyl (C=O) groups excluding carboxylic acids is 1. The number of amides is 1. The highest BCUT2D eigenvalue weighted by molar-refractivity contribution is 5.82. The van der Waals surface area contributed by atoms with E-state index in [0.717, 1.165) is 32.5 Å². The topological polar surface area (TPSA) is 32.3 Å². The predicted octanol–water partition coefficient (Wildman–Crippen LogP) is 1.88. The predicted molar refractivity (Wildman–Crippen MR) is 69.7 cm³/mol. The number of rotatable bonds is 4. The Balaban J connectivity index is 1.88. The molecule has 3 heteroatoms. The molecule has 0 radical (unpaired) electrons. The molecule has 1 aliphatic heterocycles. The Morgan fingerprint density at radius 2 is 2.29 bits per heavy atom. The van der Waals surface area contributed by atoms with Gasteiger partial charge in [0.15, 0.2) is 0 Å². The van der Waals surface area contributed by atoms with Crippen molar-refractivity contribution in [2.75, 3.05) is 26.7 Å². The first-order valence-corrected chi connectivity index (χ1v) is 7.04. The van der Waals surface area contributed by atoms with Crippen LogP contribution >= 0.6 is 0 Å². The fourth-order valence-electron chi connectivity index (χ4n) is 3.12. The molecular weight excluding hydrogens is 212 g/mol. The fourth-order valence-corrected chi connectivity index (χ4v) is 3.12. The van der Waals surface area contributed by atoms with Crippen LogP contribution in [0, 0.1) is 17.3 Å². The van der Waals surface area contributed by atoms with Crippen LogP contribution in [0.4, 0.5) is 0 Å². The minimum absolute atomic E-state index is 0.313. The monoisotopic (exact) mass is 238 g/mol. The molecule has 0 aromatic carbocycles. The third-order valence-electron chi connectivity index (χ3n) is 4.78. The zero-order chi connectivity index (χ0) is 12.5. The molecule has 2 fully saturated rings. The Bertz CT molecular complexity index is 290. The smallest absolute Gasteiger partial charge is 0.226 e. The van der Waals surface area contributed by atoms with Gasteiger partial charge in [-0.25, -0.2) is 0 Å². The first-order valence-electron chi connectivity index (χ1n) is 7.04. The van der Waals surface area contributed by atoms with E-state index in [0.29, 0.717) is 23.2 Å². The SMILES string of the molecule is CC[C@]1(C)C[C@H]1C(=O)N1CCC[C@@H](CNC)C1. The molecule has 1 aliphatic carbocycles. The van der Waals surface area contributed by atoms with Gasteiger partial charge in [-0.15, -0.1) is 0 Å². The van der Waals surface area contributed by atoms with Crippen LogP contribution in [-0.2, 0) is 4.79 Å². The Kier molecular flexibility index (Phi) is 3.76. The maximum Gasteiger partial charge on any atom is 0.226 e. The van der Waals surface area contributed by atoms with Crippen LogP contribution in [0.1, 0.15) is 39.5 Å². The van der Waals surface area contributed by atoms with Crippen LogP contribution in [-0.4, -0.2) is 37.5 Å². The Morgan fingerprint density at radius 3 is 2.88 bits per heavy atom. The summed E-state index contributed by atoms with van der Waals surface area (Å²) in [5.74, 6) is 1.40. The van der Waals surface area contributed by atoms with Crippen molar-refractivity contribution < 1.29 is 4.79 Å². The van der Waals surface area contributed by atoms with E-state index in [2.05, 4.69) is 24.1 Å². The Hall–Kier alpha value is -0.570. The number of hydrogen-bond acceptors (Lipinski definition) is 2. The molecule has 1 saturated carbocycles. The lowest BCUT2D eigenvalue weighted by atomic mass is 9.96. The van der Waals surface area contributed by atoms with Gasteiger partial charge in [-0.3, -0.25) is 4.79 Å². The summed E-state index contributed by atoms with van der Waals surface area (Å²) in [5.41, 5.74) is 0.313. The number of hydrogen-bond donors (Lipinski definition) is 1. The van der Waals surface area contributed by atoms with Gasteiger partial charge >= 0.3 is 0 Å². The second-order valence-electron chi connectivity index (χ2n) is 6.11. The van der Waals surface area contributed by atoms with Gasteiger partial charge < -0.3 is 10.2 Å². The molecule has 0 aromatic heterocycles. The first kappa shape index (κ1) is 12.9. The number of nitrogens with zero attached hydrogens (tertiary/aromatic N) is 1. The first-order chi connectivity index (χ1) is 8.10. The summed E-state index contributed by atoms with van der Waals surface area (Å²) in [6.07, 6.45) is 4.68. The van der Waals surface area contributed by atoms with E-state index in [4.69, 9.17) is 0 Å². The standard InChI is InChI=1S/C14H26N2O/c1-4-14(2)8-12(14)13(17)16-7-5-6-11(10-16)9-15-3/h11-12,15H,4-10H2,1-3H3/t11-,12-,14+/m0/s1. The summed E-state index contributed by atoms with van der Waals surface area (Å²) in [7, 11) is 2.00.